The zero-order valence-electron chi connectivity index (χ0n) is 14.6. The first-order valence-electron chi connectivity index (χ1n) is 8.12. The molecule has 3 heterocycles. The lowest BCUT2D eigenvalue weighted by Gasteiger charge is -2.22. The van der Waals surface area contributed by atoms with Crippen LogP contribution in [0.5, 0.6) is 5.75 Å². The van der Waals surface area contributed by atoms with Gasteiger partial charge in [0.15, 0.2) is 0 Å². The van der Waals surface area contributed by atoms with E-state index in [0.717, 1.165) is 16.1 Å². The minimum atomic E-state index is -3.61. The van der Waals surface area contributed by atoms with Crippen molar-refractivity contribution in [3.63, 3.8) is 0 Å². The Morgan fingerprint density at radius 2 is 2.11 bits per heavy atom. The van der Waals surface area contributed by atoms with Crippen LogP contribution in [0.15, 0.2) is 52.2 Å². The molecular weight excluding hydrogens is 390 g/mol. The quantitative estimate of drug-likeness (QED) is 0.619. The van der Waals surface area contributed by atoms with Crippen LogP contribution in [0.4, 0.5) is 0 Å². The van der Waals surface area contributed by atoms with Crippen LogP contribution in [0.1, 0.15) is 23.8 Å². The lowest BCUT2D eigenvalue weighted by atomic mass is 10.0. The highest BCUT2D eigenvalue weighted by Crippen LogP contribution is 2.38. The Kier molecular flexibility index (Phi) is 4.32. The topological polar surface area (TPSA) is 85.0 Å². The maximum Gasteiger partial charge on any atom is 0.247 e. The predicted molar refractivity (Wildman–Crippen MR) is 103 cm³/mol. The fourth-order valence-electron chi connectivity index (χ4n) is 3.12. The summed E-state index contributed by atoms with van der Waals surface area (Å²) >= 11 is 6.42. The number of furan rings is 1. The third kappa shape index (κ3) is 3.26. The molecular formula is C18H16ClN3O4S. The van der Waals surface area contributed by atoms with Crippen LogP contribution >= 0.6 is 11.6 Å². The van der Waals surface area contributed by atoms with E-state index in [4.69, 9.17) is 20.8 Å². The number of methoxy groups -OCH3 is 1. The molecule has 1 aliphatic rings. The van der Waals surface area contributed by atoms with Crippen LogP contribution < -0.4 is 4.74 Å². The van der Waals surface area contributed by atoms with Crippen molar-refractivity contribution in [3.05, 3.63) is 59.1 Å². The third-order valence-electron chi connectivity index (χ3n) is 4.38. The van der Waals surface area contributed by atoms with Crippen molar-refractivity contribution in [2.75, 3.05) is 13.4 Å². The molecule has 0 aliphatic carbocycles. The van der Waals surface area contributed by atoms with E-state index in [1.165, 1.54) is 6.26 Å². The summed E-state index contributed by atoms with van der Waals surface area (Å²) in [5.74, 6) is 1.20. The molecule has 3 aromatic rings. The van der Waals surface area contributed by atoms with Crippen molar-refractivity contribution < 1.29 is 17.6 Å². The minimum absolute atomic E-state index is 0.227. The van der Waals surface area contributed by atoms with Gasteiger partial charge < -0.3 is 9.15 Å². The van der Waals surface area contributed by atoms with Crippen LogP contribution in [0.25, 0.3) is 10.9 Å². The summed E-state index contributed by atoms with van der Waals surface area (Å²) in [7, 11) is -2.03. The Morgan fingerprint density at radius 3 is 2.78 bits per heavy atom. The van der Waals surface area contributed by atoms with Gasteiger partial charge in [-0.3, -0.25) is 0 Å². The SMILES string of the molecule is COc1ccc2cc([C@H]3CC(c4ccco4)=NN3S(C)(=O)=O)c(Cl)nc2c1. The Labute approximate surface area is 161 Å². The second-order valence-electron chi connectivity index (χ2n) is 6.21. The molecule has 0 saturated heterocycles. The van der Waals surface area contributed by atoms with Gasteiger partial charge in [-0.2, -0.15) is 9.52 Å². The molecule has 0 spiro atoms. The molecule has 9 heteroatoms. The molecule has 27 heavy (non-hydrogen) atoms. The van der Waals surface area contributed by atoms with E-state index >= 15 is 0 Å². The van der Waals surface area contributed by atoms with Crippen molar-refractivity contribution in [1.29, 1.82) is 0 Å². The molecule has 0 bridgehead atoms. The highest BCUT2D eigenvalue weighted by Gasteiger charge is 2.37. The average molecular weight is 406 g/mol. The standard InChI is InChI=1S/C18H16ClN3O4S/c1-25-12-6-5-11-8-13(18(19)20-14(11)9-12)16-10-15(17-4-3-7-26-17)21-22(16)27(2,23)24/h3-9,16H,10H2,1-2H3/t16-/m1/s1. The van der Waals surface area contributed by atoms with Gasteiger partial charge in [0.05, 0.1) is 31.2 Å². The lowest BCUT2D eigenvalue weighted by molar-refractivity contribution is 0.374. The molecule has 0 fully saturated rings. The Morgan fingerprint density at radius 1 is 1.30 bits per heavy atom. The van der Waals surface area contributed by atoms with Crippen molar-refractivity contribution in [1.82, 2.24) is 9.40 Å². The minimum Gasteiger partial charge on any atom is -0.497 e. The summed E-state index contributed by atoms with van der Waals surface area (Å²) in [6.45, 7) is 0. The summed E-state index contributed by atoms with van der Waals surface area (Å²) in [5, 5.41) is 5.33. The van der Waals surface area contributed by atoms with Crippen LogP contribution in [-0.4, -0.2) is 36.9 Å². The van der Waals surface area contributed by atoms with Crippen molar-refractivity contribution in [3.8, 4) is 5.75 Å². The van der Waals surface area contributed by atoms with Gasteiger partial charge >= 0.3 is 0 Å². The number of halogens is 1. The molecule has 2 aromatic heterocycles. The smallest absolute Gasteiger partial charge is 0.247 e. The Hall–Kier alpha value is -2.58. The number of pyridine rings is 1. The molecule has 1 aromatic carbocycles. The van der Waals surface area contributed by atoms with Crippen LogP contribution in [-0.2, 0) is 10.0 Å². The van der Waals surface area contributed by atoms with E-state index in [0.29, 0.717) is 34.7 Å². The number of rotatable bonds is 4. The number of sulfonamides is 1. The maximum absolute atomic E-state index is 12.3. The summed E-state index contributed by atoms with van der Waals surface area (Å²) in [6.07, 6.45) is 2.97. The number of hydrazone groups is 1. The largest absolute Gasteiger partial charge is 0.497 e. The molecule has 0 N–H and O–H groups in total. The van der Waals surface area contributed by atoms with Crippen molar-refractivity contribution >= 4 is 38.2 Å². The fraction of sp³-hybridized carbons (Fsp3) is 0.222. The first kappa shape index (κ1) is 17.8. The summed E-state index contributed by atoms with van der Waals surface area (Å²) in [4.78, 5) is 4.42. The number of hydrogen-bond acceptors (Lipinski definition) is 6. The van der Waals surface area contributed by atoms with Gasteiger partial charge in [0.2, 0.25) is 10.0 Å². The third-order valence-corrected chi connectivity index (χ3v) is 5.70. The molecule has 140 valence electrons. The fourth-order valence-corrected chi connectivity index (χ4v) is 4.29. The molecule has 0 saturated carbocycles. The number of fused-ring (bicyclic) bond motifs is 1. The number of aromatic nitrogens is 1. The number of hydrogen-bond donors (Lipinski definition) is 0. The predicted octanol–water partition coefficient (Wildman–Crippen LogP) is 3.60. The number of benzene rings is 1. The molecule has 0 radical (unpaired) electrons. The molecule has 1 atom stereocenters. The van der Waals surface area contributed by atoms with Gasteiger partial charge in [0.1, 0.15) is 22.4 Å². The van der Waals surface area contributed by atoms with E-state index in [1.807, 2.05) is 18.2 Å². The second kappa shape index (κ2) is 6.54. The van der Waals surface area contributed by atoms with E-state index < -0.39 is 16.1 Å². The maximum atomic E-state index is 12.3. The molecule has 7 nitrogen and oxygen atoms in total. The van der Waals surface area contributed by atoms with Crippen LogP contribution in [0.3, 0.4) is 0 Å². The van der Waals surface area contributed by atoms with Gasteiger partial charge in [-0.1, -0.05) is 11.6 Å². The van der Waals surface area contributed by atoms with Crippen LogP contribution in [0.2, 0.25) is 5.15 Å². The first-order chi connectivity index (χ1) is 12.9. The van der Waals surface area contributed by atoms with E-state index in [9.17, 15) is 8.42 Å². The Bertz CT molecular complexity index is 1140. The second-order valence-corrected chi connectivity index (χ2v) is 8.40. The van der Waals surface area contributed by atoms with Gasteiger partial charge in [-0.25, -0.2) is 13.4 Å². The van der Waals surface area contributed by atoms with Crippen molar-refractivity contribution in [2.24, 2.45) is 5.10 Å². The summed E-state index contributed by atoms with van der Waals surface area (Å²) in [5.41, 5.74) is 1.80. The summed E-state index contributed by atoms with van der Waals surface area (Å²) < 4.78 is 36.3. The van der Waals surface area contributed by atoms with Gasteiger partial charge in [0, 0.05) is 23.4 Å². The highest BCUT2D eigenvalue weighted by molar-refractivity contribution is 7.88. The van der Waals surface area contributed by atoms with Crippen molar-refractivity contribution in [2.45, 2.75) is 12.5 Å². The molecule has 0 amide bonds. The normalized spacial score (nSPS) is 17.4. The average Bonchev–Trinajstić information content (AvgIpc) is 3.29. The molecule has 1 aliphatic heterocycles. The molecule has 4 rings (SSSR count). The summed E-state index contributed by atoms with van der Waals surface area (Å²) in [6, 6.07) is 10.2. The van der Waals surface area contributed by atoms with Gasteiger partial charge in [-0.15, -0.1) is 0 Å². The monoisotopic (exact) mass is 405 g/mol. The van der Waals surface area contributed by atoms with Gasteiger partial charge in [-0.05, 0) is 30.3 Å². The van der Waals surface area contributed by atoms with E-state index in [2.05, 4.69) is 10.1 Å². The number of ether oxygens (including phenoxy) is 1. The zero-order valence-corrected chi connectivity index (χ0v) is 16.2. The highest BCUT2D eigenvalue weighted by atomic mass is 35.5. The van der Waals surface area contributed by atoms with E-state index in [-0.39, 0.29) is 5.15 Å². The lowest BCUT2D eigenvalue weighted by Crippen LogP contribution is -2.26. The molecule has 0 unspecified atom stereocenters. The number of nitrogens with zero attached hydrogens (tertiary/aromatic N) is 3. The van der Waals surface area contributed by atoms with Gasteiger partial charge in [0.25, 0.3) is 0 Å². The Balaban J connectivity index is 1.80. The van der Waals surface area contributed by atoms with Crippen LogP contribution in [0, 0.1) is 0 Å². The van der Waals surface area contributed by atoms with E-state index in [1.54, 1.807) is 25.3 Å². The first-order valence-corrected chi connectivity index (χ1v) is 10.3. The zero-order chi connectivity index (χ0) is 19.2.